The largest absolute Gasteiger partial charge is 0.457 e. The second-order valence-electron chi connectivity index (χ2n) is 18.8. The van der Waals surface area contributed by atoms with Crippen LogP contribution in [0.3, 0.4) is 0 Å². The molecule has 2 N–H and O–H groups in total. The Balaban J connectivity index is 0.677. The number of pyridine rings is 2. The van der Waals surface area contributed by atoms with E-state index in [4.69, 9.17) is 19.4 Å². The van der Waals surface area contributed by atoms with Crippen LogP contribution in [0, 0.1) is 13.8 Å². The van der Waals surface area contributed by atoms with Gasteiger partial charge in [0, 0.05) is 67.2 Å². The van der Waals surface area contributed by atoms with Crippen molar-refractivity contribution in [3.8, 4) is 23.0 Å². The molecular weight excluding hydrogens is 989 g/mol. The minimum atomic E-state index is -0.243. The second-order valence-corrected chi connectivity index (χ2v) is 18.8. The molecule has 10 aromatic rings. The smallest absolute Gasteiger partial charge is 0.247 e. The SMILES string of the molecule is C=CC(=O)N1CC=C(c2ncc3ncnc(Nc4ccc(Oc5ccn6nc(/C=C\C(=O)N7CCC(c8ncc9ncnc(Nc%10ccc(Oc%11ccn%12ncnc%12c%11)c(C)c%10)c9n8)=C[C@@H]7C)nc6c5)c(C)c4)c3n2)C[C@@H]1C. The van der Waals surface area contributed by atoms with Crippen molar-refractivity contribution in [3.63, 3.8) is 0 Å². The first-order valence-electron chi connectivity index (χ1n) is 25.0. The third kappa shape index (κ3) is 9.87. The molecule has 0 unspecified atom stereocenters. The quantitative estimate of drug-likeness (QED) is 0.102. The fourth-order valence-corrected chi connectivity index (χ4v) is 9.44. The highest BCUT2D eigenvalue weighted by Gasteiger charge is 2.26. The number of rotatable bonds is 13. The van der Waals surface area contributed by atoms with Gasteiger partial charge in [0.1, 0.15) is 64.0 Å². The summed E-state index contributed by atoms with van der Waals surface area (Å²) >= 11 is 0. The number of nitrogens with zero attached hydrogens (tertiary/aromatic N) is 16. The minimum absolute atomic E-state index is 0.0275. The molecule has 10 heterocycles. The van der Waals surface area contributed by atoms with Crippen LogP contribution in [0.25, 0.3) is 50.6 Å². The van der Waals surface area contributed by atoms with Gasteiger partial charge in [-0.3, -0.25) is 9.59 Å². The molecule has 22 heteroatoms. The zero-order valence-electron chi connectivity index (χ0n) is 42.7. The lowest BCUT2D eigenvalue weighted by Gasteiger charge is -2.31. The van der Waals surface area contributed by atoms with E-state index in [-0.39, 0.29) is 23.9 Å². The number of nitrogens with one attached hydrogen (secondary N) is 2. The van der Waals surface area contributed by atoms with Crippen molar-refractivity contribution < 1.29 is 19.1 Å². The van der Waals surface area contributed by atoms with Gasteiger partial charge in [0.15, 0.2) is 40.4 Å². The zero-order chi connectivity index (χ0) is 53.4. The number of benzene rings is 2. The average molecular weight is 1040 g/mol. The molecule has 386 valence electrons. The Kier molecular flexibility index (Phi) is 12.7. The zero-order valence-corrected chi connectivity index (χ0v) is 42.7. The highest BCUT2D eigenvalue weighted by Crippen LogP contribution is 2.34. The van der Waals surface area contributed by atoms with E-state index in [9.17, 15) is 9.59 Å². The fraction of sp³-hybridized carbons (Fsp3) is 0.179. The first-order valence-corrected chi connectivity index (χ1v) is 25.0. The maximum atomic E-state index is 13.6. The van der Waals surface area contributed by atoms with Crippen molar-refractivity contribution in [2.75, 3.05) is 23.7 Å². The number of aryl methyl sites for hydroxylation is 2. The molecule has 0 aliphatic carbocycles. The van der Waals surface area contributed by atoms with Gasteiger partial charge < -0.3 is 29.9 Å². The van der Waals surface area contributed by atoms with E-state index in [0.29, 0.717) is 111 Å². The molecule has 2 amide bonds. The van der Waals surface area contributed by atoms with Gasteiger partial charge in [-0.1, -0.05) is 18.7 Å². The number of hydrogen-bond donors (Lipinski definition) is 2. The van der Waals surface area contributed by atoms with Crippen LogP contribution in [0.1, 0.15) is 55.3 Å². The molecule has 0 saturated heterocycles. The lowest BCUT2D eigenvalue weighted by atomic mass is 10.0. The van der Waals surface area contributed by atoms with Gasteiger partial charge in [-0.05, 0) is 123 Å². The standard InChI is InChI=1S/C56H48N18O4/c1-6-49(75)71-17-13-36(23-34(71)4)53-57-27-42-51(68-53)55(62-29-59-42)66-39-8-10-45(33(3)22-39)78-41-16-20-74-48(26-41)67-46(70-74)11-12-50(76)72-18-14-37(24-35(72)5)54-58-28-43-52(69-54)56(63-30-60-43)65-38-7-9-44(32(2)21-38)77-40-15-19-73-47(25-40)61-31-64-73/h6-13,15-16,19-22,24-31,34-35H,1,14,17-18,23H2,2-5H3,(H,59,62,66)(H,60,63,65)/b12-11-/t34-,35-/m0/s1. The molecule has 2 aliphatic heterocycles. The van der Waals surface area contributed by atoms with Crippen molar-refractivity contribution in [2.24, 2.45) is 0 Å². The van der Waals surface area contributed by atoms with Crippen LogP contribution in [0.4, 0.5) is 23.0 Å². The summed E-state index contributed by atoms with van der Waals surface area (Å²) in [6.07, 6.45) is 21.0. The van der Waals surface area contributed by atoms with Gasteiger partial charge in [0.25, 0.3) is 0 Å². The Morgan fingerprint density at radius 3 is 1.92 bits per heavy atom. The molecule has 0 saturated carbocycles. The minimum Gasteiger partial charge on any atom is -0.457 e. The molecule has 8 aromatic heterocycles. The van der Waals surface area contributed by atoms with E-state index in [2.05, 4.69) is 67.3 Å². The number of ether oxygens (including phenoxy) is 2. The van der Waals surface area contributed by atoms with E-state index in [1.54, 1.807) is 61.8 Å². The van der Waals surface area contributed by atoms with E-state index < -0.39 is 0 Å². The number of aromatic nitrogens is 14. The normalized spacial score (nSPS) is 15.7. The van der Waals surface area contributed by atoms with Gasteiger partial charge in [-0.2, -0.15) is 5.10 Å². The van der Waals surface area contributed by atoms with E-state index in [0.717, 1.165) is 33.6 Å². The highest BCUT2D eigenvalue weighted by molar-refractivity contribution is 5.93. The van der Waals surface area contributed by atoms with Crippen molar-refractivity contribution in [1.29, 1.82) is 0 Å². The van der Waals surface area contributed by atoms with Gasteiger partial charge >= 0.3 is 0 Å². The molecule has 2 atom stereocenters. The highest BCUT2D eigenvalue weighted by atomic mass is 16.5. The number of amides is 2. The van der Waals surface area contributed by atoms with Crippen LogP contribution in [0.2, 0.25) is 0 Å². The van der Waals surface area contributed by atoms with E-state index in [1.165, 1.54) is 31.1 Å². The van der Waals surface area contributed by atoms with Crippen molar-refractivity contribution in [3.05, 3.63) is 164 Å². The maximum absolute atomic E-state index is 13.6. The Labute approximate surface area is 445 Å². The molecule has 0 fully saturated rings. The summed E-state index contributed by atoms with van der Waals surface area (Å²) in [5, 5.41) is 15.5. The number of fused-ring (bicyclic) bond motifs is 4. The van der Waals surface area contributed by atoms with Crippen molar-refractivity contribution in [2.45, 2.75) is 52.6 Å². The predicted octanol–water partition coefficient (Wildman–Crippen LogP) is 8.83. The number of anilines is 4. The summed E-state index contributed by atoms with van der Waals surface area (Å²) in [4.78, 5) is 75.2. The van der Waals surface area contributed by atoms with Gasteiger partial charge in [0.05, 0.1) is 12.4 Å². The van der Waals surface area contributed by atoms with E-state index >= 15 is 0 Å². The first kappa shape index (κ1) is 48.6. The summed E-state index contributed by atoms with van der Waals surface area (Å²) in [6.45, 7) is 12.4. The third-order valence-electron chi connectivity index (χ3n) is 13.5. The molecular formula is C56H48N18O4. The van der Waals surface area contributed by atoms with Crippen molar-refractivity contribution >= 4 is 85.4 Å². The number of carbonyl (C=O) groups excluding carboxylic acids is 2. The van der Waals surface area contributed by atoms with Crippen LogP contribution >= 0.6 is 0 Å². The molecule has 0 bridgehead atoms. The molecule has 78 heavy (non-hydrogen) atoms. The average Bonchev–Trinajstić information content (AvgIpc) is 4.13. The summed E-state index contributed by atoms with van der Waals surface area (Å²) < 4.78 is 15.8. The van der Waals surface area contributed by atoms with Crippen LogP contribution in [-0.4, -0.2) is 116 Å². The topological polar surface area (TPSA) is 247 Å². The van der Waals surface area contributed by atoms with Gasteiger partial charge in [-0.25, -0.2) is 58.9 Å². The molecule has 2 aliphatic rings. The molecule has 12 rings (SSSR count). The molecule has 22 nitrogen and oxygen atoms in total. The summed E-state index contributed by atoms with van der Waals surface area (Å²) in [7, 11) is 0. The number of hydrogen-bond acceptors (Lipinski definition) is 18. The molecule has 2 aromatic carbocycles. The Morgan fingerprint density at radius 1 is 0.679 bits per heavy atom. The third-order valence-corrected chi connectivity index (χ3v) is 13.5. The monoisotopic (exact) mass is 1040 g/mol. The Morgan fingerprint density at radius 2 is 1.31 bits per heavy atom. The van der Waals surface area contributed by atoms with Crippen molar-refractivity contribution in [1.82, 2.24) is 78.9 Å². The first-order chi connectivity index (χ1) is 38.0. The van der Waals surface area contributed by atoms with E-state index in [1.807, 2.05) is 88.4 Å². The van der Waals surface area contributed by atoms with Crippen LogP contribution in [-0.2, 0) is 9.59 Å². The Hall–Kier alpha value is -10.4. The summed E-state index contributed by atoms with van der Waals surface area (Å²) in [5.74, 6) is 4.81. The Bertz CT molecular complexity index is 4130. The van der Waals surface area contributed by atoms with Gasteiger partial charge in [0.2, 0.25) is 11.8 Å². The van der Waals surface area contributed by atoms with Crippen LogP contribution in [0.5, 0.6) is 23.0 Å². The predicted molar refractivity (Wildman–Crippen MR) is 292 cm³/mol. The van der Waals surface area contributed by atoms with Gasteiger partial charge in [-0.15, -0.1) is 5.10 Å². The molecule has 0 spiro atoms. The molecule has 0 radical (unpaired) electrons. The fourth-order valence-electron chi connectivity index (χ4n) is 9.44. The summed E-state index contributed by atoms with van der Waals surface area (Å²) in [6, 6.07) is 18.5. The lowest BCUT2D eigenvalue weighted by Crippen LogP contribution is -2.40. The van der Waals surface area contributed by atoms with Crippen LogP contribution in [0.15, 0.2) is 135 Å². The maximum Gasteiger partial charge on any atom is 0.247 e. The second kappa shape index (κ2) is 20.4. The lowest BCUT2D eigenvalue weighted by molar-refractivity contribution is -0.128. The number of carbonyl (C=O) groups is 2. The van der Waals surface area contributed by atoms with Crippen LogP contribution < -0.4 is 20.1 Å². The summed E-state index contributed by atoms with van der Waals surface area (Å²) in [5.41, 5.74) is 8.77.